The first-order chi connectivity index (χ1) is 9.26. The maximum absolute atomic E-state index is 5.23. The van der Waals surface area contributed by atoms with E-state index in [1.807, 2.05) is 34.9 Å². The highest BCUT2D eigenvalue weighted by molar-refractivity contribution is 5.41. The molecule has 0 N–H and O–H groups in total. The molecule has 0 atom stereocenters. The number of rotatable bonds is 3. The summed E-state index contributed by atoms with van der Waals surface area (Å²) in [5.74, 6) is 1.80. The summed E-state index contributed by atoms with van der Waals surface area (Å²) < 4.78 is 7.25. The Morgan fingerprint density at radius 3 is 2.89 bits per heavy atom. The fraction of sp³-hybridized carbons (Fsp3) is 0.200. The van der Waals surface area contributed by atoms with Crippen LogP contribution in [0.25, 0.3) is 5.65 Å². The lowest BCUT2D eigenvalue weighted by molar-refractivity contribution is 0.414. The number of benzene rings is 1. The number of pyridine rings is 1. The van der Waals surface area contributed by atoms with E-state index in [0.717, 1.165) is 29.2 Å². The van der Waals surface area contributed by atoms with Gasteiger partial charge in [0.2, 0.25) is 0 Å². The first-order valence-corrected chi connectivity index (χ1v) is 6.19. The number of hydrogen-bond donors (Lipinski definition) is 0. The minimum atomic E-state index is 0.738. The molecular weight excluding hydrogens is 238 g/mol. The average molecular weight is 253 g/mol. The van der Waals surface area contributed by atoms with Gasteiger partial charge in [0.1, 0.15) is 11.6 Å². The van der Waals surface area contributed by atoms with Crippen LogP contribution in [0.5, 0.6) is 5.75 Å². The number of ether oxygens (including phenoxy) is 1. The zero-order chi connectivity index (χ0) is 13.2. The summed E-state index contributed by atoms with van der Waals surface area (Å²) in [5.41, 5.74) is 3.24. The van der Waals surface area contributed by atoms with Crippen LogP contribution < -0.4 is 4.74 Å². The van der Waals surface area contributed by atoms with Gasteiger partial charge < -0.3 is 4.74 Å². The van der Waals surface area contributed by atoms with Crippen molar-refractivity contribution >= 4 is 5.65 Å². The monoisotopic (exact) mass is 253 g/mol. The van der Waals surface area contributed by atoms with Gasteiger partial charge in [0, 0.05) is 12.6 Å². The summed E-state index contributed by atoms with van der Waals surface area (Å²) >= 11 is 0. The molecule has 0 aliphatic rings. The molecule has 0 saturated heterocycles. The lowest BCUT2D eigenvalue weighted by Crippen LogP contribution is -1.97. The van der Waals surface area contributed by atoms with Crippen molar-refractivity contribution in [3.63, 3.8) is 0 Å². The molecule has 1 aromatic carbocycles. The molecule has 0 fully saturated rings. The highest BCUT2D eigenvalue weighted by atomic mass is 16.5. The largest absolute Gasteiger partial charge is 0.497 e. The maximum Gasteiger partial charge on any atom is 0.161 e. The van der Waals surface area contributed by atoms with Crippen LogP contribution >= 0.6 is 0 Å². The van der Waals surface area contributed by atoms with E-state index in [2.05, 4.69) is 29.3 Å². The third-order valence-corrected chi connectivity index (χ3v) is 3.13. The van der Waals surface area contributed by atoms with E-state index in [1.165, 1.54) is 5.56 Å². The molecule has 0 spiro atoms. The van der Waals surface area contributed by atoms with Crippen molar-refractivity contribution in [1.82, 2.24) is 14.6 Å². The number of methoxy groups -OCH3 is 1. The summed E-state index contributed by atoms with van der Waals surface area (Å²) in [7, 11) is 1.67. The molecule has 96 valence electrons. The van der Waals surface area contributed by atoms with Crippen LogP contribution in [-0.4, -0.2) is 21.7 Å². The Kier molecular flexibility index (Phi) is 2.91. The van der Waals surface area contributed by atoms with Crippen LogP contribution in [0.4, 0.5) is 0 Å². The van der Waals surface area contributed by atoms with Crippen molar-refractivity contribution in [3.8, 4) is 5.75 Å². The van der Waals surface area contributed by atoms with Gasteiger partial charge in [-0.3, -0.25) is 4.40 Å². The highest BCUT2D eigenvalue weighted by Crippen LogP contribution is 2.16. The molecule has 2 heterocycles. The van der Waals surface area contributed by atoms with E-state index in [9.17, 15) is 0 Å². The van der Waals surface area contributed by atoms with Gasteiger partial charge in [-0.1, -0.05) is 12.1 Å². The number of fused-ring (bicyclic) bond motifs is 1. The number of hydrogen-bond acceptors (Lipinski definition) is 3. The average Bonchev–Trinajstić information content (AvgIpc) is 2.81. The first-order valence-electron chi connectivity index (χ1n) is 6.19. The molecule has 2 aromatic heterocycles. The van der Waals surface area contributed by atoms with Crippen molar-refractivity contribution in [2.75, 3.05) is 7.11 Å². The summed E-state index contributed by atoms with van der Waals surface area (Å²) in [5, 5.41) is 8.46. The van der Waals surface area contributed by atoms with Gasteiger partial charge in [0.25, 0.3) is 0 Å². The molecule has 3 rings (SSSR count). The lowest BCUT2D eigenvalue weighted by Gasteiger charge is -2.04. The Morgan fingerprint density at radius 1 is 1.16 bits per heavy atom. The molecular formula is C15H15N3O. The van der Waals surface area contributed by atoms with Crippen LogP contribution in [0.3, 0.4) is 0 Å². The first kappa shape index (κ1) is 11.7. The van der Waals surface area contributed by atoms with Crippen LogP contribution in [0.2, 0.25) is 0 Å². The molecule has 19 heavy (non-hydrogen) atoms. The molecule has 0 unspecified atom stereocenters. The van der Waals surface area contributed by atoms with E-state index >= 15 is 0 Å². The molecule has 0 bridgehead atoms. The van der Waals surface area contributed by atoms with Crippen molar-refractivity contribution in [1.29, 1.82) is 0 Å². The van der Waals surface area contributed by atoms with Gasteiger partial charge in [-0.2, -0.15) is 0 Å². The molecule has 3 aromatic rings. The minimum Gasteiger partial charge on any atom is -0.497 e. The summed E-state index contributed by atoms with van der Waals surface area (Å²) in [6.45, 7) is 2.05. The zero-order valence-corrected chi connectivity index (χ0v) is 11.0. The maximum atomic E-state index is 5.23. The number of nitrogens with zero attached hydrogens (tertiary/aromatic N) is 3. The second-order valence-corrected chi connectivity index (χ2v) is 4.58. The van der Waals surface area contributed by atoms with Gasteiger partial charge in [-0.05, 0) is 42.3 Å². The van der Waals surface area contributed by atoms with Gasteiger partial charge in [-0.25, -0.2) is 0 Å². The molecule has 0 radical (unpaired) electrons. The van der Waals surface area contributed by atoms with Crippen molar-refractivity contribution < 1.29 is 4.74 Å². The molecule has 4 heteroatoms. The molecule has 0 amide bonds. The summed E-state index contributed by atoms with van der Waals surface area (Å²) in [6.07, 6.45) is 2.75. The standard InChI is InChI=1S/C15H15N3O/c1-11-6-7-18-14(8-11)16-17-15(18)10-12-4-3-5-13(9-12)19-2/h3-9H,10H2,1-2H3. The number of aromatic nitrogens is 3. The normalized spacial score (nSPS) is 10.8. The Morgan fingerprint density at radius 2 is 2.05 bits per heavy atom. The second-order valence-electron chi connectivity index (χ2n) is 4.58. The fourth-order valence-corrected chi connectivity index (χ4v) is 2.13. The van der Waals surface area contributed by atoms with Gasteiger partial charge in [-0.15, -0.1) is 10.2 Å². The molecule has 4 nitrogen and oxygen atoms in total. The van der Waals surface area contributed by atoms with Gasteiger partial charge in [0.05, 0.1) is 7.11 Å². The number of aryl methyl sites for hydroxylation is 1. The lowest BCUT2D eigenvalue weighted by atomic mass is 10.1. The van der Waals surface area contributed by atoms with Crippen LogP contribution in [-0.2, 0) is 6.42 Å². The van der Waals surface area contributed by atoms with Crippen LogP contribution in [0.1, 0.15) is 17.0 Å². The smallest absolute Gasteiger partial charge is 0.161 e. The minimum absolute atomic E-state index is 0.738. The second kappa shape index (κ2) is 4.72. The zero-order valence-electron chi connectivity index (χ0n) is 11.0. The van der Waals surface area contributed by atoms with Crippen molar-refractivity contribution in [2.24, 2.45) is 0 Å². The molecule has 0 aliphatic heterocycles. The van der Waals surface area contributed by atoms with Crippen LogP contribution in [0, 0.1) is 6.92 Å². The van der Waals surface area contributed by atoms with Crippen molar-refractivity contribution in [2.45, 2.75) is 13.3 Å². The van der Waals surface area contributed by atoms with Crippen molar-refractivity contribution in [3.05, 3.63) is 59.5 Å². The summed E-state index contributed by atoms with van der Waals surface area (Å²) in [4.78, 5) is 0. The Bertz CT molecular complexity index is 718. The van der Waals surface area contributed by atoms with E-state index < -0.39 is 0 Å². The third-order valence-electron chi connectivity index (χ3n) is 3.13. The Hall–Kier alpha value is -2.36. The predicted molar refractivity (Wildman–Crippen MR) is 73.5 cm³/mol. The highest BCUT2D eigenvalue weighted by Gasteiger charge is 2.06. The fourth-order valence-electron chi connectivity index (χ4n) is 2.13. The molecule has 0 aliphatic carbocycles. The van der Waals surface area contributed by atoms with Gasteiger partial charge >= 0.3 is 0 Å². The SMILES string of the molecule is COc1cccc(Cc2nnc3cc(C)ccn23)c1. The summed E-state index contributed by atoms with van der Waals surface area (Å²) in [6, 6.07) is 12.1. The van der Waals surface area contributed by atoms with Gasteiger partial charge in [0.15, 0.2) is 5.65 Å². The van der Waals surface area contributed by atoms with E-state index in [0.29, 0.717) is 0 Å². The van der Waals surface area contributed by atoms with E-state index in [1.54, 1.807) is 7.11 Å². The third kappa shape index (κ3) is 2.29. The molecule has 0 saturated carbocycles. The quantitative estimate of drug-likeness (QED) is 0.720. The van der Waals surface area contributed by atoms with E-state index in [-0.39, 0.29) is 0 Å². The topological polar surface area (TPSA) is 39.4 Å². The Labute approximate surface area is 111 Å². The predicted octanol–water partition coefficient (Wildman–Crippen LogP) is 2.64. The van der Waals surface area contributed by atoms with Crippen LogP contribution in [0.15, 0.2) is 42.6 Å². The van der Waals surface area contributed by atoms with E-state index in [4.69, 9.17) is 4.74 Å². The Balaban J connectivity index is 1.96.